The van der Waals surface area contributed by atoms with Gasteiger partial charge >= 0.3 is 24.0 Å². The molecule has 0 unspecified atom stereocenters. The van der Waals surface area contributed by atoms with Crippen molar-refractivity contribution >= 4 is 22.7 Å². The SMILES string of the molecule is CC(C)(C)CCC(=O)OCc1ccc2cc(OCC(=O)OCC(F)(F)C(F)(F)F)ccc2c1. The second kappa shape index (κ2) is 10.4. The number of carbonyl (C=O) groups excluding carboxylic acids is 2. The van der Waals surface area contributed by atoms with E-state index in [1.54, 1.807) is 24.3 Å². The zero-order chi connectivity index (χ0) is 24.9. The summed E-state index contributed by atoms with van der Waals surface area (Å²) in [7, 11) is 0. The number of carbonyl (C=O) groups is 2. The monoisotopic (exact) mass is 476 g/mol. The van der Waals surface area contributed by atoms with Crippen molar-refractivity contribution in [1.82, 2.24) is 0 Å². The van der Waals surface area contributed by atoms with E-state index in [-0.39, 0.29) is 23.7 Å². The summed E-state index contributed by atoms with van der Waals surface area (Å²) in [6.07, 6.45) is -4.77. The summed E-state index contributed by atoms with van der Waals surface area (Å²) in [4.78, 5) is 23.3. The molecule has 0 saturated carbocycles. The molecule has 0 spiro atoms. The fourth-order valence-corrected chi connectivity index (χ4v) is 2.60. The first-order valence-corrected chi connectivity index (χ1v) is 10.1. The van der Waals surface area contributed by atoms with Gasteiger partial charge in [0, 0.05) is 6.42 Å². The Morgan fingerprint density at radius 2 is 1.48 bits per heavy atom. The molecule has 2 aromatic carbocycles. The van der Waals surface area contributed by atoms with Crippen molar-refractivity contribution in [2.24, 2.45) is 5.41 Å². The molecular formula is C23H25F5O5. The van der Waals surface area contributed by atoms with E-state index in [1.165, 1.54) is 6.07 Å². The molecule has 182 valence electrons. The molecule has 0 aliphatic heterocycles. The quantitative estimate of drug-likeness (QED) is 0.337. The summed E-state index contributed by atoms with van der Waals surface area (Å²) in [6.45, 7) is 3.29. The van der Waals surface area contributed by atoms with E-state index in [1.807, 2.05) is 26.8 Å². The molecule has 0 aliphatic rings. The fraction of sp³-hybridized carbons (Fsp3) is 0.478. The highest BCUT2D eigenvalue weighted by molar-refractivity contribution is 5.84. The maximum atomic E-state index is 12.8. The molecule has 2 rings (SSSR count). The lowest BCUT2D eigenvalue weighted by Crippen LogP contribution is -2.41. The van der Waals surface area contributed by atoms with Crippen LogP contribution in [0.25, 0.3) is 10.8 Å². The molecule has 0 aromatic heterocycles. The summed E-state index contributed by atoms with van der Waals surface area (Å²) < 4.78 is 76.2. The molecule has 0 saturated heterocycles. The highest BCUT2D eigenvalue weighted by Crippen LogP contribution is 2.35. The molecule has 33 heavy (non-hydrogen) atoms. The molecule has 2 aromatic rings. The zero-order valence-electron chi connectivity index (χ0n) is 18.4. The molecule has 0 radical (unpaired) electrons. The molecule has 0 amide bonds. The van der Waals surface area contributed by atoms with Gasteiger partial charge in [-0.05, 0) is 46.4 Å². The van der Waals surface area contributed by atoms with Crippen molar-refractivity contribution in [3.63, 3.8) is 0 Å². The van der Waals surface area contributed by atoms with Crippen LogP contribution in [-0.4, -0.2) is 37.3 Å². The molecule has 0 N–H and O–H groups in total. The minimum absolute atomic E-state index is 0.0344. The van der Waals surface area contributed by atoms with E-state index in [0.717, 1.165) is 10.9 Å². The average molecular weight is 476 g/mol. The second-order valence-corrected chi connectivity index (χ2v) is 8.72. The van der Waals surface area contributed by atoms with E-state index in [4.69, 9.17) is 9.47 Å². The summed E-state index contributed by atoms with van der Waals surface area (Å²) in [6, 6.07) is 10.0. The predicted molar refractivity (Wildman–Crippen MR) is 110 cm³/mol. The van der Waals surface area contributed by atoms with Crippen molar-refractivity contribution in [2.45, 2.75) is 52.3 Å². The lowest BCUT2D eigenvalue weighted by molar-refractivity contribution is -0.294. The Bertz CT molecular complexity index is 979. The van der Waals surface area contributed by atoms with Gasteiger partial charge in [-0.3, -0.25) is 4.79 Å². The maximum Gasteiger partial charge on any atom is 0.456 e. The highest BCUT2D eigenvalue weighted by Gasteiger charge is 2.58. The molecule has 0 heterocycles. The van der Waals surface area contributed by atoms with Gasteiger partial charge < -0.3 is 14.2 Å². The molecule has 0 aliphatic carbocycles. The average Bonchev–Trinajstić information content (AvgIpc) is 2.71. The first-order chi connectivity index (χ1) is 15.2. The molecule has 0 bridgehead atoms. The number of rotatable bonds is 9. The topological polar surface area (TPSA) is 61.8 Å². The summed E-state index contributed by atoms with van der Waals surface area (Å²) in [5.74, 6) is -6.58. The van der Waals surface area contributed by atoms with Gasteiger partial charge in [0.2, 0.25) is 0 Å². The fourth-order valence-electron chi connectivity index (χ4n) is 2.60. The van der Waals surface area contributed by atoms with Crippen LogP contribution < -0.4 is 4.74 Å². The van der Waals surface area contributed by atoms with Crippen molar-refractivity contribution in [3.05, 3.63) is 42.0 Å². The first-order valence-electron chi connectivity index (χ1n) is 10.1. The van der Waals surface area contributed by atoms with Crippen LogP contribution in [0.4, 0.5) is 22.0 Å². The summed E-state index contributed by atoms with van der Waals surface area (Å²) in [5, 5.41) is 1.50. The van der Waals surface area contributed by atoms with Crippen LogP contribution in [0.3, 0.4) is 0 Å². The third-order valence-corrected chi connectivity index (χ3v) is 4.54. The Hall–Kier alpha value is -2.91. The molecule has 0 fully saturated rings. The number of benzene rings is 2. The Kier molecular flexibility index (Phi) is 8.26. The lowest BCUT2D eigenvalue weighted by Gasteiger charge is -2.19. The third kappa shape index (κ3) is 8.51. The summed E-state index contributed by atoms with van der Waals surface area (Å²) in [5.41, 5.74) is 0.807. The van der Waals surface area contributed by atoms with E-state index in [0.29, 0.717) is 18.2 Å². The van der Waals surface area contributed by atoms with Gasteiger partial charge in [-0.15, -0.1) is 0 Å². The minimum atomic E-state index is -5.81. The van der Waals surface area contributed by atoms with Crippen LogP contribution >= 0.6 is 0 Å². The predicted octanol–water partition coefficient (Wildman–Crippen LogP) is 5.83. The van der Waals surface area contributed by atoms with Gasteiger partial charge in [-0.25, -0.2) is 4.79 Å². The van der Waals surface area contributed by atoms with Crippen molar-refractivity contribution in [2.75, 3.05) is 13.2 Å². The molecular weight excluding hydrogens is 451 g/mol. The Balaban J connectivity index is 1.87. The van der Waals surface area contributed by atoms with Crippen LogP contribution in [0.2, 0.25) is 0 Å². The normalized spacial score (nSPS) is 12.5. The van der Waals surface area contributed by atoms with Gasteiger partial charge in [0.1, 0.15) is 12.4 Å². The number of halogens is 5. The number of hydrogen-bond acceptors (Lipinski definition) is 5. The van der Waals surface area contributed by atoms with Crippen LogP contribution in [-0.2, 0) is 25.7 Å². The second-order valence-electron chi connectivity index (χ2n) is 8.72. The molecule has 10 heteroatoms. The zero-order valence-corrected chi connectivity index (χ0v) is 18.4. The standard InChI is InChI=1S/C23H25F5O5/c1-21(2,3)9-8-19(29)32-12-15-4-5-17-11-18(7-6-16(17)10-15)31-13-20(30)33-14-22(24,25)23(26,27)28/h4-7,10-11H,8-9,12-14H2,1-3H3. The Labute approximate surface area is 187 Å². The highest BCUT2D eigenvalue weighted by atomic mass is 19.4. The Morgan fingerprint density at radius 1 is 0.848 bits per heavy atom. The molecule has 0 atom stereocenters. The van der Waals surface area contributed by atoms with Crippen LogP contribution in [0, 0.1) is 5.41 Å². The number of alkyl halides is 5. The molecule has 5 nitrogen and oxygen atoms in total. The summed E-state index contributed by atoms with van der Waals surface area (Å²) >= 11 is 0. The first kappa shape index (κ1) is 26.3. The van der Waals surface area contributed by atoms with Gasteiger partial charge in [-0.1, -0.05) is 39.0 Å². The maximum absolute atomic E-state index is 12.8. The van der Waals surface area contributed by atoms with Crippen molar-refractivity contribution in [1.29, 1.82) is 0 Å². The van der Waals surface area contributed by atoms with Crippen molar-refractivity contribution in [3.8, 4) is 5.75 Å². The van der Waals surface area contributed by atoms with Gasteiger partial charge in [0.25, 0.3) is 0 Å². The van der Waals surface area contributed by atoms with Gasteiger partial charge in [0.05, 0.1) is 0 Å². The van der Waals surface area contributed by atoms with Crippen LogP contribution in [0.1, 0.15) is 39.2 Å². The van der Waals surface area contributed by atoms with E-state index in [2.05, 4.69) is 4.74 Å². The van der Waals surface area contributed by atoms with E-state index >= 15 is 0 Å². The minimum Gasteiger partial charge on any atom is -0.482 e. The van der Waals surface area contributed by atoms with Gasteiger partial charge in [0.15, 0.2) is 13.2 Å². The van der Waals surface area contributed by atoms with Crippen LogP contribution in [0.5, 0.6) is 5.75 Å². The largest absolute Gasteiger partial charge is 0.482 e. The number of esters is 2. The van der Waals surface area contributed by atoms with E-state index < -0.39 is 31.3 Å². The van der Waals surface area contributed by atoms with E-state index in [9.17, 15) is 31.5 Å². The van der Waals surface area contributed by atoms with Gasteiger partial charge in [-0.2, -0.15) is 22.0 Å². The van der Waals surface area contributed by atoms with Crippen molar-refractivity contribution < 1.29 is 45.8 Å². The number of fused-ring (bicyclic) bond motifs is 1. The number of hydrogen-bond donors (Lipinski definition) is 0. The smallest absolute Gasteiger partial charge is 0.456 e. The van der Waals surface area contributed by atoms with Crippen LogP contribution in [0.15, 0.2) is 36.4 Å². The Morgan fingerprint density at radius 3 is 2.12 bits per heavy atom. The number of ether oxygens (including phenoxy) is 3. The lowest BCUT2D eigenvalue weighted by atomic mass is 9.91. The third-order valence-electron chi connectivity index (χ3n) is 4.54.